The highest BCUT2D eigenvalue weighted by Gasteiger charge is 2.37. The van der Waals surface area contributed by atoms with Crippen molar-refractivity contribution in [2.45, 2.75) is 25.5 Å². The number of anilines is 1. The molecule has 0 bridgehead atoms. The van der Waals surface area contributed by atoms with E-state index in [-0.39, 0.29) is 12.0 Å². The molecule has 0 amide bonds. The molecule has 19 heavy (non-hydrogen) atoms. The third-order valence-corrected chi connectivity index (χ3v) is 4.01. The Bertz CT molecular complexity index is 460. The Balaban J connectivity index is 2.20. The van der Waals surface area contributed by atoms with E-state index in [9.17, 15) is 4.79 Å². The van der Waals surface area contributed by atoms with E-state index < -0.39 is 0 Å². The Hall–Kier alpha value is -1.07. The predicted octanol–water partition coefficient (Wildman–Crippen LogP) is 2.96. The van der Waals surface area contributed by atoms with Gasteiger partial charge in [0.2, 0.25) is 0 Å². The maximum Gasteiger partial charge on any atom is 0.328 e. The zero-order valence-electron chi connectivity index (χ0n) is 11.1. The molecule has 1 aromatic carbocycles. The fourth-order valence-electron chi connectivity index (χ4n) is 2.08. The summed E-state index contributed by atoms with van der Waals surface area (Å²) < 4.78 is 11.1. The Morgan fingerprint density at radius 3 is 2.79 bits per heavy atom. The van der Waals surface area contributed by atoms with E-state index in [1.807, 2.05) is 18.2 Å². The summed E-state index contributed by atoms with van der Waals surface area (Å²) in [6, 6.07) is 5.59. The number of esters is 1. The van der Waals surface area contributed by atoms with Gasteiger partial charge in [0.25, 0.3) is 0 Å². The highest BCUT2D eigenvalue weighted by atomic mass is 79.9. The van der Waals surface area contributed by atoms with Crippen LogP contribution in [0.5, 0.6) is 0 Å². The van der Waals surface area contributed by atoms with Crippen LogP contribution in [0.4, 0.5) is 5.69 Å². The average Bonchev–Trinajstić information content (AvgIpc) is 3.23. The summed E-state index contributed by atoms with van der Waals surface area (Å²) in [5.74, 6) is 0.174. The van der Waals surface area contributed by atoms with Crippen molar-refractivity contribution in [2.75, 3.05) is 19.5 Å². The van der Waals surface area contributed by atoms with E-state index in [1.54, 1.807) is 7.11 Å². The molecule has 1 saturated carbocycles. The molecule has 1 aliphatic carbocycles. The minimum atomic E-state index is -0.269. The molecule has 1 unspecified atom stereocenters. The molecule has 1 aliphatic rings. The first-order chi connectivity index (χ1) is 9.17. The summed E-state index contributed by atoms with van der Waals surface area (Å²) in [5, 5.41) is 3.30. The SMILES string of the molecule is COCc1c(Br)cccc1NC(C(=O)OC)C1CC1. The zero-order chi connectivity index (χ0) is 13.8. The lowest BCUT2D eigenvalue weighted by molar-refractivity contribution is -0.142. The van der Waals surface area contributed by atoms with E-state index in [4.69, 9.17) is 9.47 Å². The molecule has 0 aromatic heterocycles. The van der Waals surface area contributed by atoms with E-state index in [0.717, 1.165) is 28.6 Å². The molecule has 0 aliphatic heterocycles. The van der Waals surface area contributed by atoms with Crippen LogP contribution in [0, 0.1) is 5.92 Å². The van der Waals surface area contributed by atoms with Crippen LogP contribution in [0.25, 0.3) is 0 Å². The molecule has 1 fully saturated rings. The van der Waals surface area contributed by atoms with Crippen molar-refractivity contribution in [2.24, 2.45) is 5.92 Å². The summed E-state index contributed by atoms with van der Waals surface area (Å²) in [6.45, 7) is 0.488. The molecule has 4 nitrogen and oxygen atoms in total. The molecule has 1 atom stereocenters. The van der Waals surface area contributed by atoms with Crippen molar-refractivity contribution in [3.05, 3.63) is 28.2 Å². The van der Waals surface area contributed by atoms with Gasteiger partial charge in [0.05, 0.1) is 13.7 Å². The second-order valence-corrected chi connectivity index (χ2v) is 5.54. The maximum absolute atomic E-state index is 11.8. The molecule has 0 radical (unpaired) electrons. The van der Waals surface area contributed by atoms with Gasteiger partial charge in [0.1, 0.15) is 6.04 Å². The lowest BCUT2D eigenvalue weighted by Gasteiger charge is -2.20. The molecule has 5 heteroatoms. The smallest absolute Gasteiger partial charge is 0.328 e. The summed E-state index contributed by atoms with van der Waals surface area (Å²) in [5.41, 5.74) is 1.93. The standard InChI is InChI=1S/C14H18BrNO3/c1-18-8-10-11(15)4-3-5-12(10)16-13(9-6-7-9)14(17)19-2/h3-5,9,13,16H,6-8H2,1-2H3. The second kappa shape index (κ2) is 6.39. The molecule has 0 saturated heterocycles. The quantitative estimate of drug-likeness (QED) is 0.816. The van der Waals surface area contributed by atoms with Crippen LogP contribution >= 0.6 is 15.9 Å². The normalized spacial score (nSPS) is 15.9. The monoisotopic (exact) mass is 327 g/mol. The molecular weight excluding hydrogens is 310 g/mol. The minimum Gasteiger partial charge on any atom is -0.467 e. The third kappa shape index (κ3) is 3.48. The van der Waals surface area contributed by atoms with E-state index in [1.165, 1.54) is 7.11 Å². The van der Waals surface area contributed by atoms with Gasteiger partial charge in [-0.1, -0.05) is 22.0 Å². The largest absolute Gasteiger partial charge is 0.467 e. The van der Waals surface area contributed by atoms with Crippen molar-refractivity contribution in [1.82, 2.24) is 0 Å². The first-order valence-electron chi connectivity index (χ1n) is 6.28. The molecule has 2 rings (SSSR count). The van der Waals surface area contributed by atoms with Crippen LogP contribution in [-0.2, 0) is 20.9 Å². The molecule has 0 heterocycles. The van der Waals surface area contributed by atoms with Gasteiger partial charge >= 0.3 is 5.97 Å². The molecule has 1 N–H and O–H groups in total. The Morgan fingerprint density at radius 1 is 1.47 bits per heavy atom. The van der Waals surface area contributed by atoms with E-state index >= 15 is 0 Å². The maximum atomic E-state index is 11.8. The average molecular weight is 328 g/mol. The number of hydrogen-bond acceptors (Lipinski definition) is 4. The van der Waals surface area contributed by atoms with Crippen LogP contribution in [0.3, 0.4) is 0 Å². The van der Waals surface area contributed by atoms with Crippen LogP contribution in [0.15, 0.2) is 22.7 Å². The number of rotatable bonds is 6. The lowest BCUT2D eigenvalue weighted by Crippen LogP contribution is -2.33. The van der Waals surface area contributed by atoms with Gasteiger partial charge in [0, 0.05) is 22.8 Å². The summed E-state index contributed by atoms with van der Waals surface area (Å²) in [4.78, 5) is 11.8. The molecule has 0 spiro atoms. The van der Waals surface area contributed by atoms with Crippen molar-refractivity contribution in [1.29, 1.82) is 0 Å². The number of halogens is 1. The second-order valence-electron chi connectivity index (χ2n) is 4.68. The van der Waals surface area contributed by atoms with Gasteiger partial charge in [-0.15, -0.1) is 0 Å². The number of hydrogen-bond donors (Lipinski definition) is 1. The van der Waals surface area contributed by atoms with Crippen molar-refractivity contribution < 1.29 is 14.3 Å². The Kier molecular flexibility index (Phi) is 4.82. The molecule has 104 valence electrons. The van der Waals surface area contributed by atoms with Crippen LogP contribution in [0.1, 0.15) is 18.4 Å². The number of nitrogens with one attached hydrogen (secondary N) is 1. The van der Waals surface area contributed by atoms with Crippen LogP contribution < -0.4 is 5.32 Å². The third-order valence-electron chi connectivity index (χ3n) is 3.27. The number of methoxy groups -OCH3 is 2. The van der Waals surface area contributed by atoms with Gasteiger partial charge < -0.3 is 14.8 Å². The van der Waals surface area contributed by atoms with Crippen LogP contribution in [-0.4, -0.2) is 26.2 Å². The number of carbonyl (C=O) groups excluding carboxylic acids is 1. The number of ether oxygens (including phenoxy) is 2. The Labute approximate surface area is 121 Å². The summed E-state index contributed by atoms with van der Waals surface area (Å²) in [6.07, 6.45) is 2.14. The lowest BCUT2D eigenvalue weighted by atomic mass is 10.1. The Morgan fingerprint density at radius 2 is 2.21 bits per heavy atom. The van der Waals surface area contributed by atoms with Crippen LogP contribution in [0.2, 0.25) is 0 Å². The van der Waals surface area contributed by atoms with E-state index in [2.05, 4.69) is 21.2 Å². The van der Waals surface area contributed by atoms with Gasteiger partial charge in [-0.05, 0) is 30.9 Å². The summed E-state index contributed by atoms with van der Waals surface area (Å²) in [7, 11) is 3.08. The molecular formula is C14H18BrNO3. The van der Waals surface area contributed by atoms with Gasteiger partial charge in [0.15, 0.2) is 0 Å². The number of carbonyl (C=O) groups is 1. The van der Waals surface area contributed by atoms with Gasteiger partial charge in [-0.25, -0.2) is 4.79 Å². The fraction of sp³-hybridized carbons (Fsp3) is 0.500. The first kappa shape index (κ1) is 14.3. The van der Waals surface area contributed by atoms with Crippen molar-refractivity contribution in [3.63, 3.8) is 0 Å². The zero-order valence-corrected chi connectivity index (χ0v) is 12.7. The van der Waals surface area contributed by atoms with Crippen molar-refractivity contribution in [3.8, 4) is 0 Å². The topological polar surface area (TPSA) is 47.6 Å². The minimum absolute atomic E-state index is 0.203. The fourth-order valence-corrected chi connectivity index (χ4v) is 2.56. The van der Waals surface area contributed by atoms with Gasteiger partial charge in [-0.2, -0.15) is 0 Å². The summed E-state index contributed by atoms with van der Waals surface area (Å²) >= 11 is 3.51. The first-order valence-corrected chi connectivity index (χ1v) is 7.07. The van der Waals surface area contributed by atoms with E-state index in [0.29, 0.717) is 12.5 Å². The van der Waals surface area contributed by atoms with Gasteiger partial charge in [-0.3, -0.25) is 0 Å². The highest BCUT2D eigenvalue weighted by molar-refractivity contribution is 9.10. The highest BCUT2D eigenvalue weighted by Crippen LogP contribution is 2.36. The molecule has 1 aromatic rings. The predicted molar refractivity (Wildman–Crippen MR) is 77.0 cm³/mol. The number of benzene rings is 1. The van der Waals surface area contributed by atoms with Crippen molar-refractivity contribution >= 4 is 27.6 Å².